The molecular formula is C20H28N4O. The molecule has 1 heterocycles. The molecule has 134 valence electrons. The monoisotopic (exact) mass is 340 g/mol. The van der Waals surface area contributed by atoms with Crippen LogP contribution in [0.3, 0.4) is 0 Å². The van der Waals surface area contributed by atoms with Crippen LogP contribution in [0.2, 0.25) is 0 Å². The lowest BCUT2D eigenvalue weighted by atomic mass is 10.2. The zero-order valence-corrected chi connectivity index (χ0v) is 15.4. The lowest BCUT2D eigenvalue weighted by molar-refractivity contribution is 0.0948. The second-order valence-electron chi connectivity index (χ2n) is 6.41. The summed E-state index contributed by atoms with van der Waals surface area (Å²) in [7, 11) is 0. The second kappa shape index (κ2) is 9.77. The molecule has 0 aliphatic rings. The molecule has 0 unspecified atom stereocenters. The van der Waals surface area contributed by atoms with Crippen molar-refractivity contribution in [2.75, 3.05) is 11.4 Å². The van der Waals surface area contributed by atoms with E-state index < -0.39 is 0 Å². The Bertz CT molecular complexity index is 658. The van der Waals surface area contributed by atoms with Gasteiger partial charge in [0, 0.05) is 25.3 Å². The van der Waals surface area contributed by atoms with Crippen LogP contribution >= 0.6 is 0 Å². The highest BCUT2D eigenvalue weighted by Crippen LogP contribution is 2.16. The number of amides is 1. The van der Waals surface area contributed by atoms with Crippen molar-refractivity contribution in [3.63, 3.8) is 0 Å². The standard InChI is InChI=1S/C20H28N4O/c1-4-5-9-13-21-19(25)18-12-14-22-20(23-18)24(16(2)3)15-17-10-7-6-8-11-17/h6-8,10-12,14,16H,4-5,9,13,15H2,1-3H3,(H,21,25). The molecule has 25 heavy (non-hydrogen) atoms. The van der Waals surface area contributed by atoms with Crippen LogP contribution in [0.4, 0.5) is 5.95 Å². The number of unbranched alkanes of at least 4 members (excludes halogenated alkanes) is 2. The third-order valence-electron chi connectivity index (χ3n) is 4.02. The fourth-order valence-electron chi connectivity index (χ4n) is 2.55. The van der Waals surface area contributed by atoms with Gasteiger partial charge in [0.25, 0.3) is 5.91 Å². The summed E-state index contributed by atoms with van der Waals surface area (Å²) in [6.07, 6.45) is 4.90. The predicted molar refractivity (Wildman–Crippen MR) is 102 cm³/mol. The van der Waals surface area contributed by atoms with E-state index in [4.69, 9.17) is 0 Å². The number of hydrogen-bond donors (Lipinski definition) is 1. The smallest absolute Gasteiger partial charge is 0.270 e. The SMILES string of the molecule is CCCCCNC(=O)c1ccnc(N(Cc2ccccc2)C(C)C)n1. The molecule has 2 rings (SSSR count). The Kier molecular flexibility index (Phi) is 7.38. The maximum atomic E-state index is 12.3. The van der Waals surface area contributed by atoms with Crippen LogP contribution in [0, 0.1) is 0 Å². The summed E-state index contributed by atoms with van der Waals surface area (Å²) < 4.78 is 0. The number of carbonyl (C=O) groups is 1. The Morgan fingerprint density at radius 2 is 1.92 bits per heavy atom. The van der Waals surface area contributed by atoms with Crippen LogP contribution in [0.1, 0.15) is 56.1 Å². The highest BCUT2D eigenvalue weighted by Gasteiger charge is 2.16. The van der Waals surface area contributed by atoms with E-state index in [2.05, 4.69) is 53.1 Å². The van der Waals surface area contributed by atoms with Gasteiger partial charge in [-0.05, 0) is 31.9 Å². The average Bonchev–Trinajstić information content (AvgIpc) is 2.64. The van der Waals surface area contributed by atoms with Crippen molar-refractivity contribution in [1.82, 2.24) is 15.3 Å². The normalized spacial score (nSPS) is 10.7. The van der Waals surface area contributed by atoms with Crippen molar-refractivity contribution < 1.29 is 4.79 Å². The number of aromatic nitrogens is 2. The van der Waals surface area contributed by atoms with E-state index >= 15 is 0 Å². The first-order chi connectivity index (χ1) is 12.1. The first-order valence-electron chi connectivity index (χ1n) is 9.03. The number of nitrogens with one attached hydrogen (secondary N) is 1. The Morgan fingerprint density at radius 1 is 1.16 bits per heavy atom. The molecule has 0 aliphatic carbocycles. The number of benzene rings is 1. The van der Waals surface area contributed by atoms with Crippen molar-refractivity contribution in [1.29, 1.82) is 0 Å². The Labute approximate surface area is 150 Å². The number of hydrogen-bond acceptors (Lipinski definition) is 4. The van der Waals surface area contributed by atoms with Crippen molar-refractivity contribution in [3.05, 3.63) is 53.9 Å². The third kappa shape index (κ3) is 5.85. The summed E-state index contributed by atoms with van der Waals surface area (Å²) in [5.41, 5.74) is 1.61. The van der Waals surface area contributed by atoms with Gasteiger partial charge in [0.05, 0.1) is 0 Å². The molecule has 1 aromatic heterocycles. The quantitative estimate of drug-likeness (QED) is 0.705. The van der Waals surface area contributed by atoms with Crippen LogP contribution in [0.15, 0.2) is 42.6 Å². The molecule has 0 aliphatic heterocycles. The summed E-state index contributed by atoms with van der Waals surface area (Å²) >= 11 is 0. The molecule has 0 radical (unpaired) electrons. The molecule has 0 atom stereocenters. The Morgan fingerprint density at radius 3 is 2.60 bits per heavy atom. The molecule has 0 saturated heterocycles. The summed E-state index contributed by atoms with van der Waals surface area (Å²) in [6, 6.07) is 12.1. The average molecular weight is 340 g/mol. The lowest BCUT2D eigenvalue weighted by Crippen LogP contribution is -2.33. The minimum atomic E-state index is -0.136. The second-order valence-corrected chi connectivity index (χ2v) is 6.41. The van der Waals surface area contributed by atoms with Gasteiger partial charge in [0.1, 0.15) is 5.69 Å². The van der Waals surface area contributed by atoms with Crippen LogP contribution in [0.5, 0.6) is 0 Å². The van der Waals surface area contributed by atoms with E-state index in [9.17, 15) is 4.79 Å². The topological polar surface area (TPSA) is 58.1 Å². The van der Waals surface area contributed by atoms with Gasteiger partial charge < -0.3 is 10.2 Å². The molecular weight excluding hydrogens is 312 g/mol. The molecule has 1 amide bonds. The van der Waals surface area contributed by atoms with Crippen molar-refractivity contribution in [2.45, 2.75) is 52.6 Å². The molecule has 0 bridgehead atoms. The fourth-order valence-corrected chi connectivity index (χ4v) is 2.55. The van der Waals surface area contributed by atoms with E-state index in [1.54, 1.807) is 12.3 Å². The Hall–Kier alpha value is -2.43. The van der Waals surface area contributed by atoms with E-state index in [1.165, 1.54) is 5.56 Å². The van der Waals surface area contributed by atoms with E-state index in [0.717, 1.165) is 19.3 Å². The molecule has 1 aromatic carbocycles. The van der Waals surface area contributed by atoms with Gasteiger partial charge in [0.15, 0.2) is 0 Å². The summed E-state index contributed by atoms with van der Waals surface area (Å²) in [5, 5.41) is 2.93. The highest BCUT2D eigenvalue weighted by atomic mass is 16.1. The van der Waals surface area contributed by atoms with Gasteiger partial charge in [-0.25, -0.2) is 9.97 Å². The number of anilines is 1. The van der Waals surface area contributed by atoms with Crippen LogP contribution < -0.4 is 10.2 Å². The van der Waals surface area contributed by atoms with Crippen molar-refractivity contribution in [2.24, 2.45) is 0 Å². The first-order valence-corrected chi connectivity index (χ1v) is 9.03. The third-order valence-corrected chi connectivity index (χ3v) is 4.02. The number of nitrogens with zero attached hydrogens (tertiary/aromatic N) is 3. The maximum Gasteiger partial charge on any atom is 0.270 e. The molecule has 2 aromatic rings. The summed E-state index contributed by atoms with van der Waals surface area (Å²) in [6.45, 7) is 7.74. The predicted octanol–water partition coefficient (Wildman–Crippen LogP) is 3.81. The van der Waals surface area contributed by atoms with Crippen LogP contribution in [-0.2, 0) is 6.54 Å². The summed E-state index contributed by atoms with van der Waals surface area (Å²) in [5.74, 6) is 0.447. The van der Waals surface area contributed by atoms with E-state index in [0.29, 0.717) is 24.7 Å². The highest BCUT2D eigenvalue weighted by molar-refractivity contribution is 5.92. The largest absolute Gasteiger partial charge is 0.351 e. The number of rotatable bonds is 9. The zero-order valence-electron chi connectivity index (χ0n) is 15.4. The zero-order chi connectivity index (χ0) is 18.1. The molecule has 0 spiro atoms. The van der Waals surface area contributed by atoms with Gasteiger partial charge in [-0.1, -0.05) is 50.1 Å². The molecule has 0 fully saturated rings. The fraction of sp³-hybridized carbons (Fsp3) is 0.450. The number of carbonyl (C=O) groups excluding carboxylic acids is 1. The molecule has 5 heteroatoms. The minimum Gasteiger partial charge on any atom is -0.351 e. The molecule has 0 saturated carbocycles. The van der Waals surface area contributed by atoms with E-state index in [1.807, 2.05) is 18.2 Å². The van der Waals surface area contributed by atoms with Gasteiger partial charge in [-0.15, -0.1) is 0 Å². The maximum absolute atomic E-state index is 12.3. The Balaban J connectivity index is 2.10. The molecule has 5 nitrogen and oxygen atoms in total. The van der Waals surface area contributed by atoms with E-state index in [-0.39, 0.29) is 11.9 Å². The summed E-state index contributed by atoms with van der Waals surface area (Å²) in [4.78, 5) is 23.3. The van der Waals surface area contributed by atoms with Crippen LogP contribution in [-0.4, -0.2) is 28.5 Å². The lowest BCUT2D eigenvalue weighted by Gasteiger charge is -2.27. The minimum absolute atomic E-state index is 0.136. The van der Waals surface area contributed by atoms with Gasteiger partial charge in [-0.3, -0.25) is 4.79 Å². The van der Waals surface area contributed by atoms with Crippen LogP contribution in [0.25, 0.3) is 0 Å². The van der Waals surface area contributed by atoms with Gasteiger partial charge in [0.2, 0.25) is 5.95 Å². The van der Waals surface area contributed by atoms with Gasteiger partial charge in [-0.2, -0.15) is 0 Å². The van der Waals surface area contributed by atoms with Gasteiger partial charge >= 0.3 is 0 Å². The first kappa shape index (κ1) is 18.9. The van der Waals surface area contributed by atoms with Crippen molar-refractivity contribution >= 4 is 11.9 Å². The van der Waals surface area contributed by atoms with Crippen molar-refractivity contribution in [3.8, 4) is 0 Å². The molecule has 1 N–H and O–H groups in total.